The van der Waals surface area contributed by atoms with Crippen molar-refractivity contribution < 1.29 is 23.9 Å². The molecule has 0 spiro atoms. The minimum atomic E-state index is -0.726. The Hall–Kier alpha value is -2.12. The Morgan fingerprint density at radius 1 is 1.07 bits per heavy atom. The van der Waals surface area contributed by atoms with Gasteiger partial charge in [-0.2, -0.15) is 0 Å². The third kappa shape index (κ3) is 7.56. The highest BCUT2D eigenvalue weighted by molar-refractivity contribution is 5.90. The molecule has 0 radical (unpaired) electrons. The first kappa shape index (κ1) is 24.9. The fraction of sp³-hybridized carbons (Fsp3) is 0.789. The molecule has 8 nitrogen and oxygen atoms in total. The van der Waals surface area contributed by atoms with Crippen molar-refractivity contribution in [2.45, 2.75) is 58.5 Å². The average Bonchev–Trinajstić information content (AvgIpc) is 2.66. The number of methoxy groups -OCH3 is 1. The molecule has 0 aromatic heterocycles. The Morgan fingerprint density at radius 2 is 1.67 bits per heavy atom. The van der Waals surface area contributed by atoms with E-state index in [9.17, 15) is 19.2 Å². The van der Waals surface area contributed by atoms with Gasteiger partial charge >= 0.3 is 5.97 Å². The molecule has 0 aliphatic heterocycles. The number of carbonyl (C=O) groups excluding carboxylic acids is 4. The topological polar surface area (TPSA) is 87.2 Å². The molecule has 0 heterocycles. The molecule has 0 aliphatic rings. The van der Waals surface area contributed by atoms with Crippen LogP contribution in [0.25, 0.3) is 0 Å². The van der Waals surface area contributed by atoms with E-state index in [0.717, 1.165) is 12.8 Å². The normalized spacial score (nSPS) is 13.9. The summed E-state index contributed by atoms with van der Waals surface area (Å²) in [6.45, 7) is 5.88. The van der Waals surface area contributed by atoms with Gasteiger partial charge in [-0.1, -0.05) is 20.3 Å². The highest BCUT2D eigenvalue weighted by Gasteiger charge is 2.36. The summed E-state index contributed by atoms with van der Waals surface area (Å²) in [6, 6.07) is -1.36. The maximum atomic E-state index is 13.1. The molecule has 0 saturated carbocycles. The maximum absolute atomic E-state index is 13.1. The standard InChI is InChI=1S/C19H35N3O5/c1-8-14(2)17(21(5)15(3)24)18(25)22(6)16(19(26)27-7)11-9-10-12-20(4)13-23/h13-14,16-17H,8-12H2,1-7H3/t14-,16-,17+/m0/s1. The van der Waals surface area contributed by atoms with Crippen molar-refractivity contribution in [1.82, 2.24) is 14.7 Å². The van der Waals surface area contributed by atoms with Crippen LogP contribution in [0.4, 0.5) is 0 Å². The van der Waals surface area contributed by atoms with Crippen LogP contribution < -0.4 is 0 Å². The van der Waals surface area contributed by atoms with Crippen LogP contribution in [-0.4, -0.2) is 85.8 Å². The van der Waals surface area contributed by atoms with Gasteiger partial charge in [0.05, 0.1) is 7.11 Å². The minimum absolute atomic E-state index is 0.0478. The summed E-state index contributed by atoms with van der Waals surface area (Å²) in [7, 11) is 6.16. The molecule has 0 aromatic carbocycles. The summed E-state index contributed by atoms with van der Waals surface area (Å²) in [6.07, 6.45) is 3.28. The van der Waals surface area contributed by atoms with Gasteiger partial charge in [-0.3, -0.25) is 14.4 Å². The van der Waals surface area contributed by atoms with E-state index in [1.54, 1.807) is 21.1 Å². The zero-order chi connectivity index (χ0) is 21.1. The van der Waals surface area contributed by atoms with E-state index >= 15 is 0 Å². The van der Waals surface area contributed by atoms with Crippen LogP contribution in [0.2, 0.25) is 0 Å². The van der Waals surface area contributed by atoms with Crippen LogP contribution in [-0.2, 0) is 23.9 Å². The van der Waals surface area contributed by atoms with Crippen LogP contribution >= 0.6 is 0 Å². The largest absolute Gasteiger partial charge is 0.467 e. The summed E-state index contributed by atoms with van der Waals surface area (Å²) in [5.74, 6) is -1.01. The fourth-order valence-electron chi connectivity index (χ4n) is 2.93. The third-order valence-corrected chi connectivity index (χ3v) is 5.06. The lowest BCUT2D eigenvalue weighted by atomic mass is 9.95. The van der Waals surface area contributed by atoms with E-state index in [2.05, 4.69) is 0 Å². The first-order valence-corrected chi connectivity index (χ1v) is 9.35. The zero-order valence-corrected chi connectivity index (χ0v) is 17.7. The van der Waals surface area contributed by atoms with Crippen LogP contribution in [0.5, 0.6) is 0 Å². The number of unbranched alkanes of at least 4 members (excludes halogenated alkanes) is 1. The Kier molecular flexibility index (Phi) is 11.3. The second kappa shape index (κ2) is 12.3. The molecule has 156 valence electrons. The molecule has 0 unspecified atom stereocenters. The van der Waals surface area contributed by atoms with Gasteiger partial charge in [-0.25, -0.2) is 4.79 Å². The van der Waals surface area contributed by atoms with Gasteiger partial charge in [0, 0.05) is 34.6 Å². The van der Waals surface area contributed by atoms with Crippen LogP contribution in [0, 0.1) is 5.92 Å². The van der Waals surface area contributed by atoms with Gasteiger partial charge in [-0.05, 0) is 25.2 Å². The summed E-state index contributed by atoms with van der Waals surface area (Å²) >= 11 is 0. The van der Waals surface area contributed by atoms with E-state index < -0.39 is 18.1 Å². The van der Waals surface area contributed by atoms with Crippen molar-refractivity contribution in [2.24, 2.45) is 5.92 Å². The number of rotatable bonds is 12. The quantitative estimate of drug-likeness (QED) is 0.286. The molecule has 0 rings (SSSR count). The molecule has 0 bridgehead atoms. The van der Waals surface area contributed by atoms with E-state index in [-0.39, 0.29) is 17.7 Å². The summed E-state index contributed by atoms with van der Waals surface area (Å²) in [5, 5.41) is 0. The monoisotopic (exact) mass is 385 g/mol. The van der Waals surface area contributed by atoms with E-state index in [0.29, 0.717) is 25.8 Å². The molecule has 8 heteroatoms. The van der Waals surface area contributed by atoms with Crippen molar-refractivity contribution in [3.63, 3.8) is 0 Å². The molecular weight excluding hydrogens is 350 g/mol. The smallest absolute Gasteiger partial charge is 0.328 e. The molecular formula is C19H35N3O5. The van der Waals surface area contributed by atoms with Gasteiger partial charge in [0.2, 0.25) is 18.2 Å². The van der Waals surface area contributed by atoms with Gasteiger partial charge in [0.25, 0.3) is 0 Å². The van der Waals surface area contributed by atoms with E-state index in [4.69, 9.17) is 4.74 Å². The predicted octanol–water partition coefficient (Wildman–Crippen LogP) is 1.14. The predicted molar refractivity (Wildman–Crippen MR) is 103 cm³/mol. The number of ether oxygens (including phenoxy) is 1. The summed E-state index contributed by atoms with van der Waals surface area (Å²) in [4.78, 5) is 52.2. The molecule has 3 amide bonds. The van der Waals surface area contributed by atoms with Gasteiger partial charge in [0.15, 0.2) is 0 Å². The van der Waals surface area contributed by atoms with Gasteiger partial charge in [0.1, 0.15) is 12.1 Å². The van der Waals surface area contributed by atoms with Crippen LogP contribution in [0.15, 0.2) is 0 Å². The first-order chi connectivity index (χ1) is 12.6. The molecule has 0 fully saturated rings. The van der Waals surface area contributed by atoms with Crippen molar-refractivity contribution in [1.29, 1.82) is 0 Å². The number of esters is 1. The van der Waals surface area contributed by atoms with Crippen LogP contribution in [0.3, 0.4) is 0 Å². The van der Waals surface area contributed by atoms with Crippen LogP contribution in [0.1, 0.15) is 46.5 Å². The lowest BCUT2D eigenvalue weighted by molar-refractivity contribution is -0.156. The van der Waals surface area contributed by atoms with Crippen molar-refractivity contribution in [3.05, 3.63) is 0 Å². The number of hydrogen-bond donors (Lipinski definition) is 0. The number of amides is 3. The Morgan fingerprint density at radius 3 is 2.11 bits per heavy atom. The molecule has 3 atom stereocenters. The van der Waals surface area contributed by atoms with E-state index in [1.165, 1.54) is 28.7 Å². The summed E-state index contributed by atoms with van der Waals surface area (Å²) < 4.78 is 4.88. The number of likely N-dealkylation sites (N-methyl/N-ethyl adjacent to an activating group) is 2. The molecule has 0 aliphatic carbocycles. The summed E-state index contributed by atoms with van der Waals surface area (Å²) in [5.41, 5.74) is 0. The Balaban J connectivity index is 5.28. The highest BCUT2D eigenvalue weighted by Crippen LogP contribution is 2.19. The number of nitrogens with zero attached hydrogens (tertiary/aromatic N) is 3. The van der Waals surface area contributed by atoms with Gasteiger partial charge < -0.3 is 19.4 Å². The molecule has 27 heavy (non-hydrogen) atoms. The number of hydrogen-bond acceptors (Lipinski definition) is 5. The molecule has 0 saturated heterocycles. The average molecular weight is 386 g/mol. The maximum Gasteiger partial charge on any atom is 0.328 e. The lowest BCUT2D eigenvalue weighted by Crippen LogP contribution is -2.54. The zero-order valence-electron chi connectivity index (χ0n) is 17.7. The Bertz CT molecular complexity index is 512. The van der Waals surface area contributed by atoms with E-state index in [1.807, 2.05) is 13.8 Å². The third-order valence-electron chi connectivity index (χ3n) is 5.06. The van der Waals surface area contributed by atoms with Crippen molar-refractivity contribution in [2.75, 3.05) is 34.8 Å². The minimum Gasteiger partial charge on any atom is -0.467 e. The van der Waals surface area contributed by atoms with Gasteiger partial charge in [-0.15, -0.1) is 0 Å². The SMILES string of the molecule is CC[C@H](C)[C@H](C(=O)N(C)[C@@H](CCCCN(C)C=O)C(=O)OC)N(C)C(C)=O. The number of carbonyl (C=O) groups is 4. The fourth-order valence-corrected chi connectivity index (χ4v) is 2.93. The second-order valence-electron chi connectivity index (χ2n) is 7.03. The lowest BCUT2D eigenvalue weighted by Gasteiger charge is -2.36. The molecule has 0 N–H and O–H groups in total. The van der Waals surface area contributed by atoms with Crippen molar-refractivity contribution in [3.8, 4) is 0 Å². The second-order valence-corrected chi connectivity index (χ2v) is 7.03. The van der Waals surface area contributed by atoms with Crippen molar-refractivity contribution >= 4 is 24.2 Å². The Labute approximate surface area is 162 Å². The first-order valence-electron chi connectivity index (χ1n) is 9.35. The highest BCUT2D eigenvalue weighted by atomic mass is 16.5. The molecule has 0 aromatic rings.